The minimum atomic E-state index is -0.702. The highest BCUT2D eigenvalue weighted by atomic mass is 35.5. The van der Waals surface area contributed by atoms with Crippen molar-refractivity contribution in [3.8, 4) is 5.75 Å². The molecule has 0 aliphatic carbocycles. The number of ether oxygens (including phenoxy) is 1. The first kappa shape index (κ1) is 23.2. The van der Waals surface area contributed by atoms with E-state index in [0.717, 1.165) is 16.8 Å². The molecule has 0 saturated heterocycles. The SMILES string of the molecule is O[C@@H](COc1ccccc1)CN(Cc1ccccc1Cl)C[C@H]1CC(c2ccc(F)cc2)=NO1. The van der Waals surface area contributed by atoms with Crippen LogP contribution < -0.4 is 4.74 Å². The molecular formula is C26H26ClFN2O3. The molecule has 5 nitrogen and oxygen atoms in total. The fourth-order valence-corrected chi connectivity index (χ4v) is 3.95. The predicted octanol–water partition coefficient (Wildman–Crippen LogP) is 4.91. The summed E-state index contributed by atoms with van der Waals surface area (Å²) in [6.45, 7) is 1.64. The smallest absolute Gasteiger partial charge is 0.145 e. The summed E-state index contributed by atoms with van der Waals surface area (Å²) in [6.07, 6.45) is -0.289. The fraction of sp³-hybridized carbons (Fsp3) is 0.269. The maximum absolute atomic E-state index is 13.2. The highest BCUT2D eigenvalue weighted by Gasteiger charge is 2.26. The third-order valence-corrected chi connectivity index (χ3v) is 5.75. The molecule has 1 aliphatic rings. The number of nitrogens with zero attached hydrogens (tertiary/aromatic N) is 2. The Balaban J connectivity index is 1.38. The van der Waals surface area contributed by atoms with Gasteiger partial charge < -0.3 is 14.7 Å². The number of hydrogen-bond acceptors (Lipinski definition) is 5. The van der Waals surface area contributed by atoms with Gasteiger partial charge in [-0.1, -0.05) is 65.3 Å². The van der Waals surface area contributed by atoms with Crippen LogP contribution in [-0.2, 0) is 11.4 Å². The third kappa shape index (κ3) is 6.78. The minimum absolute atomic E-state index is 0.173. The standard InChI is InChI=1S/C26H26ClFN2O3/c27-25-9-5-4-6-20(25)15-30(16-22(31)18-32-23-7-2-1-3-8-23)17-24-14-26(29-33-24)19-10-12-21(28)13-11-19/h1-13,22,24,31H,14-18H2/t22-,24-/m1/s1. The molecule has 3 aromatic carbocycles. The van der Waals surface area contributed by atoms with Gasteiger partial charge in [0.2, 0.25) is 0 Å². The Bertz CT molecular complexity index is 1060. The molecule has 1 aliphatic heterocycles. The highest BCUT2D eigenvalue weighted by Crippen LogP contribution is 2.21. The topological polar surface area (TPSA) is 54.3 Å². The molecule has 1 heterocycles. The van der Waals surface area contributed by atoms with E-state index < -0.39 is 6.10 Å². The number of oxime groups is 1. The molecule has 2 atom stereocenters. The van der Waals surface area contributed by atoms with E-state index in [-0.39, 0.29) is 18.5 Å². The quantitative estimate of drug-likeness (QED) is 0.459. The number of aliphatic hydroxyl groups excluding tert-OH is 1. The van der Waals surface area contributed by atoms with Gasteiger partial charge in [-0.25, -0.2) is 4.39 Å². The second kappa shape index (κ2) is 11.3. The van der Waals surface area contributed by atoms with E-state index >= 15 is 0 Å². The van der Waals surface area contributed by atoms with Gasteiger partial charge in [-0.15, -0.1) is 0 Å². The van der Waals surface area contributed by atoms with Crippen molar-refractivity contribution >= 4 is 17.3 Å². The van der Waals surface area contributed by atoms with E-state index in [1.54, 1.807) is 12.1 Å². The Labute approximate surface area is 198 Å². The Hall–Kier alpha value is -2.93. The van der Waals surface area contributed by atoms with Gasteiger partial charge in [-0.05, 0) is 41.5 Å². The van der Waals surface area contributed by atoms with Gasteiger partial charge in [-0.3, -0.25) is 4.90 Å². The van der Waals surface area contributed by atoms with Crippen molar-refractivity contribution in [2.45, 2.75) is 25.2 Å². The lowest BCUT2D eigenvalue weighted by Crippen LogP contribution is -2.39. The lowest BCUT2D eigenvalue weighted by Gasteiger charge is -2.27. The molecule has 172 valence electrons. The average Bonchev–Trinajstić information content (AvgIpc) is 3.29. The zero-order valence-electron chi connectivity index (χ0n) is 18.1. The van der Waals surface area contributed by atoms with Crippen molar-refractivity contribution in [3.05, 3.63) is 101 Å². The van der Waals surface area contributed by atoms with Crippen LogP contribution in [0.1, 0.15) is 17.5 Å². The molecular weight excluding hydrogens is 443 g/mol. The van der Waals surface area contributed by atoms with E-state index in [9.17, 15) is 9.50 Å². The van der Waals surface area contributed by atoms with Crippen molar-refractivity contribution in [1.29, 1.82) is 0 Å². The summed E-state index contributed by atoms with van der Waals surface area (Å²) < 4.78 is 18.9. The van der Waals surface area contributed by atoms with Gasteiger partial charge in [0, 0.05) is 31.1 Å². The summed E-state index contributed by atoms with van der Waals surface area (Å²) in [7, 11) is 0. The van der Waals surface area contributed by atoms with Crippen LogP contribution in [0.5, 0.6) is 5.75 Å². The van der Waals surface area contributed by atoms with Crippen LogP contribution in [0, 0.1) is 5.82 Å². The van der Waals surface area contributed by atoms with Crippen molar-refractivity contribution in [2.24, 2.45) is 5.16 Å². The first-order chi connectivity index (χ1) is 16.1. The van der Waals surface area contributed by atoms with Crippen LogP contribution in [0.3, 0.4) is 0 Å². The van der Waals surface area contributed by atoms with E-state index in [1.807, 2.05) is 54.6 Å². The predicted molar refractivity (Wildman–Crippen MR) is 127 cm³/mol. The van der Waals surface area contributed by atoms with E-state index in [2.05, 4.69) is 10.1 Å². The lowest BCUT2D eigenvalue weighted by molar-refractivity contribution is 0.0213. The zero-order valence-corrected chi connectivity index (χ0v) is 18.9. The van der Waals surface area contributed by atoms with Gasteiger partial charge in [0.05, 0.1) is 5.71 Å². The molecule has 3 aromatic rings. The second-order valence-corrected chi connectivity index (χ2v) is 8.45. The summed E-state index contributed by atoms with van der Waals surface area (Å²) in [5.74, 6) is 0.429. The molecule has 1 N–H and O–H groups in total. The first-order valence-electron chi connectivity index (χ1n) is 10.9. The number of benzene rings is 3. The van der Waals surface area contributed by atoms with E-state index in [4.69, 9.17) is 21.2 Å². The minimum Gasteiger partial charge on any atom is -0.491 e. The van der Waals surface area contributed by atoms with Crippen LogP contribution in [-0.4, -0.2) is 47.6 Å². The normalized spacial score (nSPS) is 16.4. The molecule has 0 spiro atoms. The van der Waals surface area contributed by atoms with Crippen LogP contribution in [0.25, 0.3) is 0 Å². The Morgan fingerprint density at radius 1 is 1.06 bits per heavy atom. The Kier molecular flexibility index (Phi) is 7.94. The third-order valence-electron chi connectivity index (χ3n) is 5.38. The highest BCUT2D eigenvalue weighted by molar-refractivity contribution is 6.31. The van der Waals surface area contributed by atoms with Crippen LogP contribution in [0.4, 0.5) is 4.39 Å². The fourth-order valence-electron chi connectivity index (χ4n) is 3.76. The number of rotatable bonds is 10. The molecule has 0 saturated carbocycles. The molecule has 0 amide bonds. The Morgan fingerprint density at radius 3 is 2.55 bits per heavy atom. The molecule has 0 unspecified atom stereocenters. The van der Waals surface area contributed by atoms with Gasteiger partial charge >= 0.3 is 0 Å². The van der Waals surface area contributed by atoms with Crippen LogP contribution in [0.15, 0.2) is 84.0 Å². The average molecular weight is 469 g/mol. The maximum atomic E-state index is 13.2. The molecule has 7 heteroatoms. The molecule has 4 rings (SSSR count). The maximum Gasteiger partial charge on any atom is 0.145 e. The number of hydrogen-bond donors (Lipinski definition) is 1. The second-order valence-electron chi connectivity index (χ2n) is 8.04. The Morgan fingerprint density at radius 2 is 1.79 bits per heavy atom. The summed E-state index contributed by atoms with van der Waals surface area (Å²) in [6, 6.07) is 23.3. The first-order valence-corrected chi connectivity index (χ1v) is 11.2. The molecule has 0 bridgehead atoms. The van der Waals surface area contributed by atoms with Gasteiger partial charge in [0.15, 0.2) is 0 Å². The van der Waals surface area contributed by atoms with E-state index in [0.29, 0.717) is 36.8 Å². The molecule has 0 radical (unpaired) electrons. The summed E-state index contributed by atoms with van der Waals surface area (Å²) in [5.41, 5.74) is 2.59. The molecule has 33 heavy (non-hydrogen) atoms. The summed E-state index contributed by atoms with van der Waals surface area (Å²) in [4.78, 5) is 7.76. The summed E-state index contributed by atoms with van der Waals surface area (Å²) >= 11 is 6.38. The van der Waals surface area contributed by atoms with Crippen molar-refractivity contribution < 1.29 is 19.1 Å². The monoisotopic (exact) mass is 468 g/mol. The van der Waals surface area contributed by atoms with Crippen molar-refractivity contribution in [2.75, 3.05) is 19.7 Å². The van der Waals surface area contributed by atoms with Gasteiger partial charge in [-0.2, -0.15) is 0 Å². The summed E-state index contributed by atoms with van der Waals surface area (Å²) in [5, 5.41) is 15.5. The number of aliphatic hydroxyl groups is 1. The van der Waals surface area contributed by atoms with Gasteiger partial charge in [0.25, 0.3) is 0 Å². The van der Waals surface area contributed by atoms with Crippen LogP contribution >= 0.6 is 11.6 Å². The van der Waals surface area contributed by atoms with Crippen molar-refractivity contribution in [3.63, 3.8) is 0 Å². The number of halogens is 2. The van der Waals surface area contributed by atoms with Gasteiger partial charge in [0.1, 0.15) is 30.4 Å². The lowest BCUT2D eigenvalue weighted by atomic mass is 10.0. The van der Waals surface area contributed by atoms with E-state index in [1.165, 1.54) is 12.1 Å². The molecule has 0 aromatic heterocycles. The zero-order chi connectivity index (χ0) is 23.0. The van der Waals surface area contributed by atoms with Crippen molar-refractivity contribution in [1.82, 2.24) is 4.90 Å². The van der Waals surface area contributed by atoms with Crippen LogP contribution in [0.2, 0.25) is 5.02 Å². The largest absolute Gasteiger partial charge is 0.491 e. The molecule has 0 fully saturated rings. The number of para-hydroxylation sites is 1.